The van der Waals surface area contributed by atoms with E-state index in [9.17, 15) is 8.42 Å². The van der Waals surface area contributed by atoms with Gasteiger partial charge in [0.05, 0.1) is 15.8 Å². The molecule has 1 fully saturated rings. The van der Waals surface area contributed by atoms with Gasteiger partial charge in [-0.2, -0.15) is 0 Å². The average molecular weight is 483 g/mol. The van der Waals surface area contributed by atoms with E-state index in [2.05, 4.69) is 63.1 Å². The molecule has 1 saturated heterocycles. The van der Waals surface area contributed by atoms with Gasteiger partial charge in [-0.25, -0.2) is 13.4 Å². The second-order valence-electron chi connectivity index (χ2n) is 10.2. The Bertz CT molecular complexity index is 1190. The number of aromatic nitrogens is 1. The summed E-state index contributed by atoms with van der Waals surface area (Å²) in [6.07, 6.45) is 2.11. The Kier molecular flexibility index (Phi) is 6.70. The van der Waals surface area contributed by atoms with Gasteiger partial charge < -0.3 is 4.90 Å². The SMILES string of the molecule is Cc1cccc(C)c1Cc1csc(N2CCC(S(=O)(=O)c3ccc(C(C)(C)C)cc3)CC2)n1. The summed E-state index contributed by atoms with van der Waals surface area (Å²) in [6.45, 7) is 12.2. The van der Waals surface area contributed by atoms with Crippen LogP contribution in [0.4, 0.5) is 5.13 Å². The van der Waals surface area contributed by atoms with E-state index in [-0.39, 0.29) is 10.7 Å². The van der Waals surface area contributed by atoms with Crippen molar-refractivity contribution < 1.29 is 8.42 Å². The molecule has 1 aliphatic heterocycles. The molecule has 0 aliphatic carbocycles. The van der Waals surface area contributed by atoms with Crippen LogP contribution in [0.15, 0.2) is 52.7 Å². The summed E-state index contributed by atoms with van der Waals surface area (Å²) >= 11 is 1.66. The third kappa shape index (κ3) is 5.17. The molecular weight excluding hydrogens is 448 g/mol. The Labute approximate surface area is 202 Å². The lowest BCUT2D eigenvalue weighted by molar-refractivity contribution is 0.529. The number of nitrogens with zero attached hydrogens (tertiary/aromatic N) is 2. The van der Waals surface area contributed by atoms with E-state index < -0.39 is 9.84 Å². The molecule has 0 N–H and O–H groups in total. The third-order valence-corrected chi connectivity index (χ3v) is 9.97. The van der Waals surface area contributed by atoms with Gasteiger partial charge in [-0.1, -0.05) is 51.1 Å². The van der Waals surface area contributed by atoms with Crippen LogP contribution in [0.5, 0.6) is 0 Å². The highest BCUT2D eigenvalue weighted by Crippen LogP contribution is 2.31. The Morgan fingerprint density at radius 3 is 2.18 bits per heavy atom. The van der Waals surface area contributed by atoms with Gasteiger partial charge in [-0.15, -0.1) is 11.3 Å². The third-order valence-electron chi connectivity index (χ3n) is 6.74. The fourth-order valence-corrected chi connectivity index (χ4v) is 7.14. The Morgan fingerprint density at radius 2 is 1.61 bits per heavy atom. The lowest BCUT2D eigenvalue weighted by atomic mass is 9.87. The molecule has 4 nitrogen and oxygen atoms in total. The summed E-state index contributed by atoms with van der Waals surface area (Å²) in [5, 5.41) is 2.81. The minimum absolute atomic E-state index is 0.0120. The Morgan fingerprint density at radius 1 is 1.00 bits per heavy atom. The van der Waals surface area contributed by atoms with Crippen LogP contribution >= 0.6 is 11.3 Å². The molecule has 4 rings (SSSR count). The lowest BCUT2D eigenvalue weighted by Gasteiger charge is -2.31. The highest BCUT2D eigenvalue weighted by molar-refractivity contribution is 7.92. The number of rotatable bonds is 5. The average Bonchev–Trinajstić information content (AvgIpc) is 3.25. The minimum Gasteiger partial charge on any atom is -0.348 e. The monoisotopic (exact) mass is 482 g/mol. The number of thiazole rings is 1. The second kappa shape index (κ2) is 9.22. The normalized spacial score (nSPS) is 15.7. The zero-order valence-electron chi connectivity index (χ0n) is 20.3. The molecule has 3 aromatic rings. The van der Waals surface area contributed by atoms with Crippen molar-refractivity contribution in [2.45, 2.75) is 69.4 Å². The van der Waals surface area contributed by atoms with Crippen molar-refractivity contribution in [3.8, 4) is 0 Å². The summed E-state index contributed by atoms with van der Waals surface area (Å²) < 4.78 is 26.5. The molecule has 0 unspecified atom stereocenters. The number of hydrogen-bond acceptors (Lipinski definition) is 5. The standard InChI is InChI=1S/C27H34N2O2S2/c1-19-7-6-8-20(2)25(19)17-22-18-32-26(28-22)29-15-13-24(14-16-29)33(30,31)23-11-9-21(10-12-23)27(3,4)5/h6-12,18,24H,13-17H2,1-5H3. The molecular formula is C27H34N2O2S2. The molecule has 1 aromatic heterocycles. The van der Waals surface area contributed by atoms with Crippen LogP contribution in [0.25, 0.3) is 0 Å². The molecule has 33 heavy (non-hydrogen) atoms. The summed E-state index contributed by atoms with van der Waals surface area (Å²) in [5.41, 5.74) is 6.18. The molecule has 0 atom stereocenters. The second-order valence-corrected chi connectivity index (χ2v) is 13.2. The van der Waals surface area contributed by atoms with E-state index >= 15 is 0 Å². The summed E-state index contributed by atoms with van der Waals surface area (Å²) in [7, 11) is -3.32. The topological polar surface area (TPSA) is 50.3 Å². The maximum atomic E-state index is 13.2. The zero-order valence-corrected chi connectivity index (χ0v) is 21.9. The smallest absolute Gasteiger partial charge is 0.185 e. The van der Waals surface area contributed by atoms with Gasteiger partial charge >= 0.3 is 0 Å². The van der Waals surface area contributed by atoms with Crippen molar-refractivity contribution in [2.75, 3.05) is 18.0 Å². The molecule has 0 spiro atoms. The van der Waals surface area contributed by atoms with E-state index in [1.165, 1.54) is 16.7 Å². The van der Waals surface area contributed by atoms with Crippen molar-refractivity contribution in [2.24, 2.45) is 0 Å². The first kappa shape index (κ1) is 24.0. The van der Waals surface area contributed by atoms with Gasteiger partial charge in [-0.3, -0.25) is 0 Å². The maximum Gasteiger partial charge on any atom is 0.185 e. The predicted octanol–water partition coefficient (Wildman–Crippen LogP) is 6.09. The highest BCUT2D eigenvalue weighted by atomic mass is 32.2. The van der Waals surface area contributed by atoms with Crippen LogP contribution in [0, 0.1) is 13.8 Å². The first-order valence-electron chi connectivity index (χ1n) is 11.6. The van der Waals surface area contributed by atoms with Gasteiger partial charge in [0.15, 0.2) is 15.0 Å². The first-order valence-corrected chi connectivity index (χ1v) is 14.1. The maximum absolute atomic E-state index is 13.2. The van der Waals surface area contributed by atoms with E-state index in [4.69, 9.17) is 4.98 Å². The van der Waals surface area contributed by atoms with Crippen LogP contribution in [0.1, 0.15) is 61.6 Å². The largest absolute Gasteiger partial charge is 0.348 e. The van der Waals surface area contributed by atoms with Crippen LogP contribution in [0.3, 0.4) is 0 Å². The van der Waals surface area contributed by atoms with E-state index in [1.54, 1.807) is 23.5 Å². The van der Waals surface area contributed by atoms with Gasteiger partial charge in [0, 0.05) is 24.9 Å². The molecule has 6 heteroatoms. The van der Waals surface area contributed by atoms with Crippen LogP contribution < -0.4 is 4.90 Å². The molecule has 0 saturated carbocycles. The van der Waals surface area contributed by atoms with Gasteiger partial charge in [0.25, 0.3) is 0 Å². The molecule has 0 bridgehead atoms. The van der Waals surface area contributed by atoms with Gasteiger partial charge in [0.2, 0.25) is 0 Å². The number of sulfone groups is 1. The minimum atomic E-state index is -3.32. The van der Waals surface area contributed by atoms with E-state index in [0.29, 0.717) is 17.7 Å². The van der Waals surface area contributed by atoms with Crippen LogP contribution in [0.2, 0.25) is 0 Å². The first-order chi connectivity index (χ1) is 15.6. The Hall–Kier alpha value is -2.18. The molecule has 176 valence electrons. The van der Waals surface area contributed by atoms with Crippen molar-refractivity contribution in [1.82, 2.24) is 4.98 Å². The fourth-order valence-electron chi connectivity index (χ4n) is 4.53. The van der Waals surface area contributed by atoms with Gasteiger partial charge in [0.1, 0.15) is 0 Å². The quantitative estimate of drug-likeness (QED) is 0.441. The van der Waals surface area contributed by atoms with Crippen LogP contribution in [-0.2, 0) is 21.7 Å². The lowest BCUT2D eigenvalue weighted by Crippen LogP contribution is -2.39. The predicted molar refractivity (Wildman–Crippen MR) is 138 cm³/mol. The van der Waals surface area contributed by atoms with Crippen molar-refractivity contribution in [3.63, 3.8) is 0 Å². The fraction of sp³-hybridized carbons (Fsp3) is 0.444. The van der Waals surface area contributed by atoms with Crippen molar-refractivity contribution >= 4 is 26.3 Å². The van der Waals surface area contributed by atoms with Crippen molar-refractivity contribution in [3.05, 3.63) is 75.8 Å². The number of anilines is 1. The van der Waals surface area contributed by atoms with Gasteiger partial charge in [-0.05, 0) is 66.5 Å². The molecule has 2 aromatic carbocycles. The zero-order chi connectivity index (χ0) is 23.8. The highest BCUT2D eigenvalue weighted by Gasteiger charge is 2.32. The Balaban J connectivity index is 1.41. The van der Waals surface area contributed by atoms with Crippen molar-refractivity contribution in [1.29, 1.82) is 0 Å². The molecule has 0 radical (unpaired) electrons. The molecule has 1 aliphatic rings. The van der Waals surface area contributed by atoms with E-state index in [0.717, 1.165) is 35.9 Å². The van der Waals surface area contributed by atoms with Crippen LogP contribution in [-0.4, -0.2) is 31.7 Å². The number of piperidine rings is 1. The number of hydrogen-bond donors (Lipinski definition) is 0. The summed E-state index contributed by atoms with van der Waals surface area (Å²) in [6, 6.07) is 13.9. The molecule has 0 amide bonds. The number of aryl methyl sites for hydroxylation is 2. The summed E-state index contributed by atoms with van der Waals surface area (Å²) in [5.74, 6) is 0. The number of benzene rings is 2. The summed E-state index contributed by atoms with van der Waals surface area (Å²) in [4.78, 5) is 7.57. The molecule has 2 heterocycles. The van der Waals surface area contributed by atoms with E-state index in [1.807, 2.05) is 12.1 Å².